The second kappa shape index (κ2) is 9.75. The van der Waals surface area contributed by atoms with Crippen molar-refractivity contribution in [2.24, 2.45) is 5.92 Å². The van der Waals surface area contributed by atoms with Crippen molar-refractivity contribution in [2.45, 2.75) is 39.7 Å². The van der Waals surface area contributed by atoms with E-state index in [1.807, 2.05) is 20.8 Å². The Balaban J connectivity index is 4.38. The van der Waals surface area contributed by atoms with Gasteiger partial charge in [0.05, 0.1) is 19.6 Å². The molecule has 0 radical (unpaired) electrons. The number of carboxylic acid groups (broad SMARTS) is 1. The summed E-state index contributed by atoms with van der Waals surface area (Å²) in [5.74, 6) is -0.664. The largest absolute Gasteiger partial charge is 0.481 e. The lowest BCUT2D eigenvalue weighted by molar-refractivity contribution is -0.138. The maximum absolute atomic E-state index is 11.8. The molecule has 0 saturated carbocycles. The maximum atomic E-state index is 11.8. The lowest BCUT2D eigenvalue weighted by atomic mass is 10.2. The van der Waals surface area contributed by atoms with Crippen LogP contribution in [0.25, 0.3) is 0 Å². The van der Waals surface area contributed by atoms with Crippen molar-refractivity contribution in [1.82, 2.24) is 10.2 Å². The van der Waals surface area contributed by atoms with Crippen molar-refractivity contribution in [3.05, 3.63) is 0 Å². The number of amides is 1. The van der Waals surface area contributed by atoms with Crippen LogP contribution in [-0.4, -0.2) is 59.3 Å². The van der Waals surface area contributed by atoms with E-state index in [0.29, 0.717) is 18.9 Å². The Morgan fingerprint density at radius 2 is 1.95 bits per heavy atom. The first-order valence-electron chi connectivity index (χ1n) is 6.74. The quantitative estimate of drug-likeness (QED) is 0.533. The van der Waals surface area contributed by atoms with Crippen molar-refractivity contribution in [1.29, 1.82) is 0 Å². The lowest BCUT2D eigenvalue weighted by Crippen LogP contribution is -2.45. The minimum Gasteiger partial charge on any atom is -0.481 e. The molecular weight excluding hydrogens is 248 g/mol. The van der Waals surface area contributed by atoms with Gasteiger partial charge in [-0.2, -0.15) is 0 Å². The van der Waals surface area contributed by atoms with Gasteiger partial charge < -0.3 is 15.5 Å². The van der Waals surface area contributed by atoms with Gasteiger partial charge in [0.2, 0.25) is 5.91 Å². The minimum atomic E-state index is -0.902. The van der Waals surface area contributed by atoms with Crippen LogP contribution in [0.4, 0.5) is 0 Å². The first-order chi connectivity index (χ1) is 8.90. The Bertz CT molecular complexity index is 278. The van der Waals surface area contributed by atoms with Gasteiger partial charge in [-0.15, -0.1) is 0 Å². The second-order valence-corrected chi connectivity index (χ2v) is 5.06. The topological polar surface area (TPSA) is 89.9 Å². The standard InChI is InChI=1S/C13H26N2O4/c1-4-11(9-16)15(6-5-13(18)19)8-12(17)14-7-10(2)3/h10-11,16H,4-9H2,1-3H3,(H,14,17)(H,18,19). The number of rotatable bonds is 10. The van der Waals surface area contributed by atoms with Crippen LogP contribution in [0.3, 0.4) is 0 Å². The maximum Gasteiger partial charge on any atom is 0.304 e. The van der Waals surface area contributed by atoms with E-state index >= 15 is 0 Å². The lowest BCUT2D eigenvalue weighted by Gasteiger charge is -2.28. The molecule has 0 saturated heterocycles. The van der Waals surface area contributed by atoms with Gasteiger partial charge in [-0.3, -0.25) is 14.5 Å². The number of nitrogens with one attached hydrogen (secondary N) is 1. The van der Waals surface area contributed by atoms with E-state index in [4.69, 9.17) is 5.11 Å². The molecule has 6 nitrogen and oxygen atoms in total. The molecule has 1 atom stereocenters. The summed E-state index contributed by atoms with van der Waals surface area (Å²) in [6, 6.07) is -0.177. The summed E-state index contributed by atoms with van der Waals surface area (Å²) < 4.78 is 0. The molecule has 0 aromatic carbocycles. The van der Waals surface area contributed by atoms with Gasteiger partial charge in [0.15, 0.2) is 0 Å². The molecular formula is C13H26N2O4. The van der Waals surface area contributed by atoms with E-state index < -0.39 is 5.97 Å². The molecule has 0 aromatic heterocycles. The zero-order chi connectivity index (χ0) is 14.8. The first-order valence-corrected chi connectivity index (χ1v) is 6.74. The highest BCUT2D eigenvalue weighted by Crippen LogP contribution is 2.05. The van der Waals surface area contributed by atoms with Crippen LogP contribution in [0.5, 0.6) is 0 Å². The third-order valence-electron chi connectivity index (χ3n) is 2.87. The predicted molar refractivity (Wildman–Crippen MR) is 72.8 cm³/mol. The molecule has 0 heterocycles. The molecule has 6 heteroatoms. The van der Waals surface area contributed by atoms with Crippen molar-refractivity contribution in [3.63, 3.8) is 0 Å². The summed E-state index contributed by atoms with van der Waals surface area (Å²) in [6.45, 7) is 6.83. The van der Waals surface area contributed by atoms with Gasteiger partial charge in [0.1, 0.15) is 0 Å². The average Bonchev–Trinajstić information content (AvgIpc) is 2.34. The van der Waals surface area contributed by atoms with E-state index in [2.05, 4.69) is 5.32 Å². The van der Waals surface area contributed by atoms with Crippen molar-refractivity contribution >= 4 is 11.9 Å². The monoisotopic (exact) mass is 274 g/mol. The number of hydrogen-bond acceptors (Lipinski definition) is 4. The third kappa shape index (κ3) is 8.56. The zero-order valence-corrected chi connectivity index (χ0v) is 12.1. The fourth-order valence-electron chi connectivity index (χ4n) is 1.69. The highest BCUT2D eigenvalue weighted by molar-refractivity contribution is 5.78. The Morgan fingerprint density at radius 1 is 1.32 bits per heavy atom. The van der Waals surface area contributed by atoms with Crippen molar-refractivity contribution in [2.75, 3.05) is 26.2 Å². The molecule has 0 fully saturated rings. The Kier molecular flexibility index (Phi) is 9.16. The molecule has 0 bridgehead atoms. The molecule has 0 aliphatic carbocycles. The molecule has 0 aliphatic heterocycles. The molecule has 19 heavy (non-hydrogen) atoms. The van der Waals surface area contributed by atoms with Gasteiger partial charge in [0, 0.05) is 19.1 Å². The summed E-state index contributed by atoms with van der Waals surface area (Å²) in [5.41, 5.74) is 0. The van der Waals surface area contributed by atoms with Gasteiger partial charge in [0.25, 0.3) is 0 Å². The predicted octanol–water partition coefficient (Wildman–Crippen LogP) is 0.306. The molecule has 0 aliphatic rings. The van der Waals surface area contributed by atoms with E-state index in [1.165, 1.54) is 0 Å². The number of carboxylic acids is 1. The van der Waals surface area contributed by atoms with Crippen molar-refractivity contribution in [3.8, 4) is 0 Å². The average molecular weight is 274 g/mol. The molecule has 0 aromatic rings. The van der Waals surface area contributed by atoms with Crippen LogP contribution in [0.1, 0.15) is 33.6 Å². The molecule has 0 rings (SSSR count). The zero-order valence-electron chi connectivity index (χ0n) is 12.1. The number of nitrogens with zero attached hydrogens (tertiary/aromatic N) is 1. The first kappa shape index (κ1) is 17.9. The van der Waals surface area contributed by atoms with Crippen LogP contribution in [-0.2, 0) is 9.59 Å². The Morgan fingerprint density at radius 3 is 2.37 bits per heavy atom. The smallest absolute Gasteiger partial charge is 0.304 e. The summed E-state index contributed by atoms with van der Waals surface area (Å²) in [7, 11) is 0. The molecule has 1 unspecified atom stereocenters. The van der Waals surface area contributed by atoms with Gasteiger partial charge >= 0.3 is 5.97 Å². The van der Waals surface area contributed by atoms with E-state index in [9.17, 15) is 14.7 Å². The molecule has 1 amide bonds. The van der Waals surface area contributed by atoms with Crippen LogP contribution in [0.2, 0.25) is 0 Å². The van der Waals surface area contributed by atoms with E-state index in [0.717, 1.165) is 0 Å². The van der Waals surface area contributed by atoms with Crippen LogP contribution >= 0.6 is 0 Å². The highest BCUT2D eigenvalue weighted by atomic mass is 16.4. The van der Waals surface area contributed by atoms with Crippen LogP contribution in [0.15, 0.2) is 0 Å². The number of hydrogen-bond donors (Lipinski definition) is 3. The van der Waals surface area contributed by atoms with Gasteiger partial charge in [-0.1, -0.05) is 20.8 Å². The number of aliphatic hydroxyl groups excluding tert-OH is 1. The minimum absolute atomic E-state index is 0.0338. The number of carbonyl (C=O) groups excluding carboxylic acids is 1. The highest BCUT2D eigenvalue weighted by Gasteiger charge is 2.19. The fraction of sp³-hybridized carbons (Fsp3) is 0.846. The number of carbonyl (C=O) groups is 2. The number of aliphatic hydroxyl groups is 1. The Hall–Kier alpha value is -1.14. The van der Waals surface area contributed by atoms with Crippen LogP contribution in [0, 0.1) is 5.92 Å². The SMILES string of the molecule is CCC(CO)N(CCC(=O)O)CC(=O)NCC(C)C. The summed E-state index contributed by atoms with van der Waals surface area (Å²) >= 11 is 0. The molecule has 112 valence electrons. The normalized spacial score (nSPS) is 12.7. The van der Waals surface area contributed by atoms with E-state index in [-0.39, 0.29) is 38.1 Å². The molecule has 0 spiro atoms. The summed E-state index contributed by atoms with van der Waals surface area (Å²) in [6.07, 6.45) is 0.640. The third-order valence-corrected chi connectivity index (χ3v) is 2.87. The fourth-order valence-corrected chi connectivity index (χ4v) is 1.69. The second-order valence-electron chi connectivity index (χ2n) is 5.06. The summed E-state index contributed by atoms with van der Waals surface area (Å²) in [4.78, 5) is 24.1. The van der Waals surface area contributed by atoms with E-state index in [1.54, 1.807) is 4.90 Å². The van der Waals surface area contributed by atoms with Crippen LogP contribution < -0.4 is 5.32 Å². The van der Waals surface area contributed by atoms with Gasteiger partial charge in [-0.05, 0) is 12.3 Å². The Labute approximate surface area is 114 Å². The molecule has 3 N–H and O–H groups in total. The summed E-state index contributed by atoms with van der Waals surface area (Å²) in [5, 5.41) is 20.8. The number of aliphatic carboxylic acids is 1. The van der Waals surface area contributed by atoms with Gasteiger partial charge in [-0.25, -0.2) is 0 Å². The van der Waals surface area contributed by atoms with Crippen molar-refractivity contribution < 1.29 is 19.8 Å².